The molecule has 3 nitrogen and oxygen atoms in total. The Labute approximate surface area is 108 Å². The molecule has 3 rings (SSSR count). The summed E-state index contributed by atoms with van der Waals surface area (Å²) in [5, 5.41) is 3.45. The number of rotatable bonds is 1. The van der Waals surface area contributed by atoms with Crippen molar-refractivity contribution in [1.82, 2.24) is 4.90 Å². The smallest absolute Gasteiger partial charge is 0.227 e. The minimum Gasteiger partial charge on any atom is -0.383 e. The average molecular weight is 244 g/mol. The molecule has 1 aromatic rings. The Hall–Kier alpha value is -1.51. The molecule has 18 heavy (non-hydrogen) atoms. The molecule has 0 atom stereocenters. The fourth-order valence-electron chi connectivity index (χ4n) is 3.15. The van der Waals surface area contributed by atoms with Gasteiger partial charge in [0.05, 0.1) is 6.42 Å². The van der Waals surface area contributed by atoms with Gasteiger partial charge in [-0.15, -0.1) is 0 Å². The van der Waals surface area contributed by atoms with Gasteiger partial charge < -0.3 is 10.2 Å². The second-order valence-electron chi connectivity index (χ2n) is 5.29. The van der Waals surface area contributed by atoms with Crippen LogP contribution in [-0.4, -0.2) is 29.9 Å². The van der Waals surface area contributed by atoms with Crippen molar-refractivity contribution in [1.29, 1.82) is 0 Å². The first kappa shape index (κ1) is 11.6. The lowest BCUT2D eigenvalue weighted by Crippen LogP contribution is -2.43. The number of nitrogens with zero attached hydrogens (tertiary/aromatic N) is 1. The molecule has 0 saturated heterocycles. The maximum Gasteiger partial charge on any atom is 0.227 e. The Bertz CT molecular complexity index is 438. The molecular formula is C15H20N2O. The summed E-state index contributed by atoms with van der Waals surface area (Å²) in [5.74, 6) is 0.302. The predicted octanol–water partition coefficient (Wildman–Crippen LogP) is 2.43. The van der Waals surface area contributed by atoms with Gasteiger partial charge in [-0.2, -0.15) is 0 Å². The number of hydrogen-bond donors (Lipinski definition) is 1. The van der Waals surface area contributed by atoms with Gasteiger partial charge in [0, 0.05) is 24.8 Å². The van der Waals surface area contributed by atoms with Crippen LogP contribution < -0.4 is 5.32 Å². The first-order valence-corrected chi connectivity index (χ1v) is 6.96. The van der Waals surface area contributed by atoms with Gasteiger partial charge in [0.2, 0.25) is 5.91 Å². The van der Waals surface area contributed by atoms with Crippen LogP contribution in [0.15, 0.2) is 24.3 Å². The normalized spacial score (nSPS) is 21.1. The molecule has 0 unspecified atom stereocenters. The van der Waals surface area contributed by atoms with Crippen LogP contribution >= 0.6 is 0 Å². The number of nitrogens with one attached hydrogen (secondary N) is 1. The highest BCUT2D eigenvalue weighted by Crippen LogP contribution is 2.26. The summed E-state index contributed by atoms with van der Waals surface area (Å²) in [5.41, 5.74) is 2.25. The standard InChI is InChI=1S/C15H20N2O/c18-15-11-12-5-1-4-8-14(12)16-9-10-17(15)13-6-2-3-7-13/h1,4-5,8,13,16H,2-3,6-7,9-11H2. The molecule has 0 aromatic heterocycles. The lowest BCUT2D eigenvalue weighted by atomic mass is 10.1. The van der Waals surface area contributed by atoms with E-state index in [1.807, 2.05) is 12.1 Å². The maximum atomic E-state index is 12.4. The van der Waals surface area contributed by atoms with Crippen molar-refractivity contribution in [3.63, 3.8) is 0 Å². The third kappa shape index (κ3) is 2.22. The zero-order valence-electron chi connectivity index (χ0n) is 10.7. The van der Waals surface area contributed by atoms with Crippen LogP contribution in [0.1, 0.15) is 31.2 Å². The fraction of sp³-hybridized carbons (Fsp3) is 0.533. The number of anilines is 1. The van der Waals surface area contributed by atoms with Crippen LogP contribution in [-0.2, 0) is 11.2 Å². The maximum absolute atomic E-state index is 12.4. The molecule has 1 aliphatic heterocycles. The summed E-state index contributed by atoms with van der Waals surface area (Å²) in [6.07, 6.45) is 5.47. The van der Waals surface area contributed by atoms with Crippen molar-refractivity contribution < 1.29 is 4.79 Å². The van der Waals surface area contributed by atoms with Crippen LogP contribution in [0.25, 0.3) is 0 Å². The lowest BCUT2D eigenvalue weighted by molar-refractivity contribution is -0.132. The van der Waals surface area contributed by atoms with E-state index < -0.39 is 0 Å². The molecule has 3 heteroatoms. The van der Waals surface area contributed by atoms with E-state index in [2.05, 4.69) is 22.3 Å². The summed E-state index contributed by atoms with van der Waals surface area (Å²) >= 11 is 0. The number of fused-ring (bicyclic) bond motifs is 1. The largest absolute Gasteiger partial charge is 0.383 e. The lowest BCUT2D eigenvalue weighted by Gasteiger charge is -2.31. The third-order valence-corrected chi connectivity index (χ3v) is 4.11. The minimum atomic E-state index is 0.302. The number of carbonyl (C=O) groups excluding carboxylic acids is 1. The number of carbonyl (C=O) groups is 1. The first-order chi connectivity index (χ1) is 8.84. The van der Waals surface area contributed by atoms with Gasteiger partial charge in [0.15, 0.2) is 0 Å². The number of amides is 1. The molecule has 0 spiro atoms. The van der Waals surface area contributed by atoms with Crippen molar-refractivity contribution in [2.45, 2.75) is 38.1 Å². The van der Waals surface area contributed by atoms with Gasteiger partial charge in [-0.25, -0.2) is 0 Å². The van der Waals surface area contributed by atoms with E-state index in [0.29, 0.717) is 18.4 Å². The van der Waals surface area contributed by atoms with Crippen LogP contribution in [0.2, 0.25) is 0 Å². The van der Waals surface area contributed by atoms with E-state index in [0.717, 1.165) is 24.3 Å². The molecule has 1 aromatic carbocycles. The van der Waals surface area contributed by atoms with Gasteiger partial charge >= 0.3 is 0 Å². The van der Waals surface area contributed by atoms with Crippen LogP contribution in [0.3, 0.4) is 0 Å². The third-order valence-electron chi connectivity index (χ3n) is 4.11. The molecule has 1 amide bonds. The van der Waals surface area contributed by atoms with Crippen molar-refractivity contribution >= 4 is 11.6 Å². The fourth-order valence-corrected chi connectivity index (χ4v) is 3.15. The Morgan fingerprint density at radius 2 is 1.94 bits per heavy atom. The number of hydrogen-bond acceptors (Lipinski definition) is 2. The van der Waals surface area contributed by atoms with Crippen molar-refractivity contribution in [3.8, 4) is 0 Å². The van der Waals surface area contributed by atoms with Crippen molar-refractivity contribution in [2.24, 2.45) is 0 Å². The molecule has 96 valence electrons. The second kappa shape index (κ2) is 5.01. The number of para-hydroxylation sites is 1. The van der Waals surface area contributed by atoms with Gasteiger partial charge in [-0.05, 0) is 24.5 Å². The molecule has 0 bridgehead atoms. The van der Waals surface area contributed by atoms with Crippen molar-refractivity contribution in [3.05, 3.63) is 29.8 Å². The van der Waals surface area contributed by atoms with Gasteiger partial charge in [-0.3, -0.25) is 4.79 Å². The van der Waals surface area contributed by atoms with Gasteiger partial charge in [0.25, 0.3) is 0 Å². The highest BCUT2D eigenvalue weighted by molar-refractivity contribution is 5.81. The van der Waals surface area contributed by atoms with E-state index >= 15 is 0 Å². The van der Waals surface area contributed by atoms with E-state index in [1.165, 1.54) is 25.7 Å². The molecule has 1 saturated carbocycles. The monoisotopic (exact) mass is 244 g/mol. The van der Waals surface area contributed by atoms with E-state index in [4.69, 9.17) is 0 Å². The highest BCUT2D eigenvalue weighted by atomic mass is 16.2. The Morgan fingerprint density at radius 3 is 2.78 bits per heavy atom. The zero-order valence-corrected chi connectivity index (χ0v) is 10.7. The van der Waals surface area contributed by atoms with Crippen molar-refractivity contribution in [2.75, 3.05) is 18.4 Å². The average Bonchev–Trinajstić information content (AvgIpc) is 2.87. The predicted molar refractivity (Wildman–Crippen MR) is 72.6 cm³/mol. The quantitative estimate of drug-likeness (QED) is 0.823. The SMILES string of the molecule is O=C1Cc2ccccc2NCCN1C1CCCC1. The van der Waals surface area contributed by atoms with E-state index in [1.54, 1.807) is 0 Å². The first-order valence-electron chi connectivity index (χ1n) is 6.96. The summed E-state index contributed by atoms with van der Waals surface area (Å²) in [6, 6.07) is 8.64. The molecule has 1 aliphatic carbocycles. The molecule has 2 aliphatic rings. The Kier molecular flexibility index (Phi) is 3.22. The van der Waals surface area contributed by atoms with Crippen LogP contribution in [0.5, 0.6) is 0 Å². The Morgan fingerprint density at radius 1 is 1.17 bits per heavy atom. The molecule has 1 heterocycles. The summed E-state index contributed by atoms with van der Waals surface area (Å²) < 4.78 is 0. The topological polar surface area (TPSA) is 32.3 Å². The molecular weight excluding hydrogens is 224 g/mol. The number of benzene rings is 1. The minimum absolute atomic E-state index is 0.302. The van der Waals surface area contributed by atoms with E-state index in [-0.39, 0.29) is 0 Å². The molecule has 0 radical (unpaired) electrons. The zero-order chi connectivity index (χ0) is 12.4. The summed E-state index contributed by atoms with van der Waals surface area (Å²) in [7, 11) is 0. The van der Waals surface area contributed by atoms with Crippen LogP contribution in [0.4, 0.5) is 5.69 Å². The van der Waals surface area contributed by atoms with Gasteiger partial charge in [0.1, 0.15) is 0 Å². The van der Waals surface area contributed by atoms with Gasteiger partial charge in [-0.1, -0.05) is 31.0 Å². The summed E-state index contributed by atoms with van der Waals surface area (Å²) in [6.45, 7) is 1.71. The Balaban J connectivity index is 1.80. The van der Waals surface area contributed by atoms with E-state index in [9.17, 15) is 4.79 Å². The van der Waals surface area contributed by atoms with Crippen LogP contribution in [0, 0.1) is 0 Å². The highest BCUT2D eigenvalue weighted by Gasteiger charge is 2.27. The summed E-state index contributed by atoms with van der Waals surface area (Å²) in [4.78, 5) is 14.5. The second-order valence-corrected chi connectivity index (χ2v) is 5.29. The molecule has 1 N–H and O–H groups in total. The molecule has 1 fully saturated rings.